The minimum absolute atomic E-state index is 0.0413. The molecule has 18 heavy (non-hydrogen) atoms. The summed E-state index contributed by atoms with van der Waals surface area (Å²) in [5, 5.41) is 9.21. The lowest BCUT2D eigenvalue weighted by Gasteiger charge is -2.13. The van der Waals surface area contributed by atoms with Gasteiger partial charge in [0.15, 0.2) is 0 Å². The number of amides is 1. The Balaban J connectivity index is 2.92. The van der Waals surface area contributed by atoms with Crippen LogP contribution in [-0.4, -0.2) is 25.5 Å². The van der Waals surface area contributed by atoms with E-state index in [1.807, 2.05) is 0 Å². The van der Waals surface area contributed by atoms with Gasteiger partial charge in [0, 0.05) is 12.5 Å². The van der Waals surface area contributed by atoms with Crippen LogP contribution in [0.15, 0.2) is 23.1 Å². The van der Waals surface area contributed by atoms with E-state index in [4.69, 9.17) is 11.5 Å². The Morgan fingerprint density at radius 2 is 2.11 bits per heavy atom. The molecule has 6 N–H and O–H groups in total. The third kappa shape index (κ3) is 3.60. The van der Waals surface area contributed by atoms with Gasteiger partial charge in [0.25, 0.3) is 0 Å². The zero-order valence-electron chi connectivity index (χ0n) is 9.75. The molecule has 1 unspecified atom stereocenters. The molecule has 0 heterocycles. The maximum Gasteiger partial charge on any atom is 0.240 e. The maximum absolute atomic E-state index is 11.9. The lowest BCUT2D eigenvalue weighted by Crippen LogP contribution is -2.35. The summed E-state index contributed by atoms with van der Waals surface area (Å²) >= 11 is 0. The molecule has 0 saturated carbocycles. The number of carbonyl (C=O) groups excluding carboxylic acids is 1. The van der Waals surface area contributed by atoms with Crippen LogP contribution < -0.4 is 16.2 Å². The summed E-state index contributed by atoms with van der Waals surface area (Å²) in [6.45, 7) is 1.52. The summed E-state index contributed by atoms with van der Waals surface area (Å²) in [6.07, 6.45) is -0.104. The fourth-order valence-corrected chi connectivity index (χ4v) is 2.65. The highest BCUT2D eigenvalue weighted by atomic mass is 32.2. The Labute approximate surface area is 105 Å². The average Bonchev–Trinajstić information content (AvgIpc) is 2.19. The predicted molar refractivity (Wildman–Crippen MR) is 66.1 cm³/mol. The van der Waals surface area contributed by atoms with Gasteiger partial charge in [0.1, 0.15) is 5.75 Å². The van der Waals surface area contributed by atoms with Crippen molar-refractivity contribution < 1.29 is 18.3 Å². The lowest BCUT2D eigenvalue weighted by molar-refractivity contribution is -0.118. The van der Waals surface area contributed by atoms with E-state index >= 15 is 0 Å². The summed E-state index contributed by atoms with van der Waals surface area (Å²) in [4.78, 5) is 10.6. The van der Waals surface area contributed by atoms with Gasteiger partial charge in [-0.1, -0.05) is 0 Å². The van der Waals surface area contributed by atoms with Crippen molar-refractivity contribution in [3.63, 3.8) is 0 Å². The summed E-state index contributed by atoms with van der Waals surface area (Å²) < 4.78 is 26.1. The highest BCUT2D eigenvalue weighted by molar-refractivity contribution is 7.89. The van der Waals surface area contributed by atoms with Crippen molar-refractivity contribution in [2.24, 2.45) is 5.73 Å². The maximum atomic E-state index is 11.9. The third-order valence-corrected chi connectivity index (χ3v) is 3.76. The molecule has 8 heteroatoms. The summed E-state index contributed by atoms with van der Waals surface area (Å²) in [6, 6.07) is 2.91. The quantitative estimate of drug-likeness (QED) is 0.424. The van der Waals surface area contributed by atoms with Crippen LogP contribution in [0.25, 0.3) is 0 Å². The van der Waals surface area contributed by atoms with Gasteiger partial charge in [0.05, 0.1) is 10.6 Å². The van der Waals surface area contributed by atoms with Gasteiger partial charge in [0.2, 0.25) is 15.9 Å². The molecule has 0 fully saturated rings. The minimum Gasteiger partial charge on any atom is -0.506 e. The molecule has 1 atom stereocenters. The van der Waals surface area contributed by atoms with Crippen molar-refractivity contribution in [2.45, 2.75) is 24.3 Å². The van der Waals surface area contributed by atoms with Crippen LogP contribution in [0.1, 0.15) is 13.3 Å². The van der Waals surface area contributed by atoms with Gasteiger partial charge in [-0.2, -0.15) is 0 Å². The number of nitrogen functional groups attached to an aromatic ring is 1. The van der Waals surface area contributed by atoms with E-state index in [9.17, 15) is 18.3 Å². The van der Waals surface area contributed by atoms with Crippen molar-refractivity contribution in [2.75, 3.05) is 5.73 Å². The van der Waals surface area contributed by atoms with Crippen LogP contribution >= 0.6 is 0 Å². The Hall–Kier alpha value is -1.80. The molecular formula is C10H15N3O4S. The number of phenolic OH excluding ortho intramolecular Hbond substituents is 1. The van der Waals surface area contributed by atoms with Crippen LogP contribution in [0.2, 0.25) is 0 Å². The first-order chi connectivity index (χ1) is 8.22. The number of hydrogen-bond donors (Lipinski definition) is 4. The first kappa shape index (κ1) is 14.3. The van der Waals surface area contributed by atoms with E-state index in [1.54, 1.807) is 0 Å². The molecule has 7 nitrogen and oxygen atoms in total. The van der Waals surface area contributed by atoms with E-state index in [1.165, 1.54) is 19.1 Å². The largest absolute Gasteiger partial charge is 0.506 e. The van der Waals surface area contributed by atoms with Crippen molar-refractivity contribution in [3.8, 4) is 5.75 Å². The average molecular weight is 273 g/mol. The van der Waals surface area contributed by atoms with Gasteiger partial charge < -0.3 is 16.6 Å². The summed E-state index contributed by atoms with van der Waals surface area (Å²) in [5.41, 5.74) is 10.3. The number of rotatable bonds is 5. The van der Waals surface area contributed by atoms with Gasteiger partial charge in [-0.3, -0.25) is 4.79 Å². The number of nitrogens with two attached hydrogens (primary N) is 2. The first-order valence-corrected chi connectivity index (χ1v) is 6.60. The Bertz CT molecular complexity index is 556. The number of carbonyl (C=O) groups is 1. The highest BCUT2D eigenvalue weighted by Crippen LogP contribution is 2.23. The molecule has 1 aromatic rings. The monoisotopic (exact) mass is 273 g/mol. The highest BCUT2D eigenvalue weighted by Gasteiger charge is 2.19. The Kier molecular flexibility index (Phi) is 4.15. The second-order valence-corrected chi connectivity index (χ2v) is 5.63. The number of phenols is 1. The summed E-state index contributed by atoms with van der Waals surface area (Å²) in [5.74, 6) is -0.797. The fourth-order valence-electron chi connectivity index (χ4n) is 1.38. The van der Waals surface area contributed by atoms with E-state index in [-0.39, 0.29) is 22.8 Å². The number of hydrogen-bond acceptors (Lipinski definition) is 5. The van der Waals surface area contributed by atoms with Gasteiger partial charge >= 0.3 is 0 Å². The molecule has 1 aromatic carbocycles. The fraction of sp³-hybridized carbons (Fsp3) is 0.300. The van der Waals surface area contributed by atoms with Crippen LogP contribution in [-0.2, 0) is 14.8 Å². The molecule has 0 aromatic heterocycles. The number of primary amides is 1. The molecule has 0 radical (unpaired) electrons. The summed E-state index contributed by atoms with van der Waals surface area (Å²) in [7, 11) is -3.79. The number of aromatic hydroxyl groups is 1. The van der Waals surface area contributed by atoms with Crippen molar-refractivity contribution >= 4 is 21.6 Å². The molecule has 1 amide bonds. The molecule has 1 rings (SSSR count). The normalized spacial score (nSPS) is 13.2. The minimum atomic E-state index is -3.79. The van der Waals surface area contributed by atoms with Gasteiger partial charge in [-0.25, -0.2) is 13.1 Å². The molecule has 0 aliphatic rings. The molecule has 100 valence electrons. The second kappa shape index (κ2) is 5.23. The number of sulfonamides is 1. The van der Waals surface area contributed by atoms with E-state index in [2.05, 4.69) is 4.72 Å². The van der Waals surface area contributed by atoms with Crippen molar-refractivity contribution in [1.29, 1.82) is 0 Å². The number of anilines is 1. The number of benzene rings is 1. The van der Waals surface area contributed by atoms with Crippen LogP contribution in [0, 0.1) is 0 Å². The second-order valence-electron chi connectivity index (χ2n) is 3.91. The van der Waals surface area contributed by atoms with Gasteiger partial charge in [-0.05, 0) is 25.1 Å². The molecule has 0 saturated heterocycles. The van der Waals surface area contributed by atoms with Crippen LogP contribution in [0.5, 0.6) is 5.75 Å². The molecular weight excluding hydrogens is 258 g/mol. The van der Waals surface area contributed by atoms with Crippen molar-refractivity contribution in [3.05, 3.63) is 18.2 Å². The standard InChI is InChI=1S/C10H15N3O4S/c1-6(4-10(12)15)13-18(16,17)7-2-3-9(14)8(11)5-7/h2-3,5-6,13-14H,4,11H2,1H3,(H2,12,15). The van der Waals surface area contributed by atoms with Gasteiger partial charge in [-0.15, -0.1) is 0 Å². The van der Waals surface area contributed by atoms with Crippen LogP contribution in [0.4, 0.5) is 5.69 Å². The molecule has 0 spiro atoms. The topological polar surface area (TPSA) is 136 Å². The predicted octanol–water partition coefficient (Wildman–Crippen LogP) is -0.483. The molecule has 0 aliphatic carbocycles. The zero-order chi connectivity index (χ0) is 13.9. The van der Waals surface area contributed by atoms with Crippen molar-refractivity contribution in [1.82, 2.24) is 4.72 Å². The zero-order valence-corrected chi connectivity index (χ0v) is 10.6. The van der Waals surface area contributed by atoms with E-state index < -0.39 is 22.0 Å². The lowest BCUT2D eigenvalue weighted by atomic mass is 10.2. The van der Waals surface area contributed by atoms with Crippen LogP contribution in [0.3, 0.4) is 0 Å². The SMILES string of the molecule is CC(CC(N)=O)NS(=O)(=O)c1ccc(O)c(N)c1. The Morgan fingerprint density at radius 1 is 1.50 bits per heavy atom. The smallest absolute Gasteiger partial charge is 0.240 e. The first-order valence-electron chi connectivity index (χ1n) is 5.11. The third-order valence-electron chi connectivity index (χ3n) is 2.17. The molecule has 0 aliphatic heterocycles. The molecule has 0 bridgehead atoms. The van der Waals surface area contributed by atoms with E-state index in [0.717, 1.165) is 6.07 Å². The van der Waals surface area contributed by atoms with E-state index in [0.29, 0.717) is 0 Å². The number of nitrogens with one attached hydrogen (secondary N) is 1. The Morgan fingerprint density at radius 3 is 2.61 bits per heavy atom.